The number of aromatic amines is 1. The number of nitrogens with zero attached hydrogens (tertiary/aromatic N) is 1. The molecular weight excluding hydrogens is 329 g/mol. The molecule has 0 aliphatic carbocycles. The van der Waals surface area contributed by atoms with Crippen LogP contribution in [0.25, 0.3) is 10.8 Å². The van der Waals surface area contributed by atoms with Gasteiger partial charge in [-0.1, -0.05) is 18.2 Å². The summed E-state index contributed by atoms with van der Waals surface area (Å²) < 4.78 is 12.8. The van der Waals surface area contributed by atoms with Crippen LogP contribution in [0.4, 0.5) is 4.39 Å². The number of hydrogen-bond donors (Lipinski definition) is 2. The molecule has 24 heavy (non-hydrogen) atoms. The van der Waals surface area contributed by atoms with Crippen molar-refractivity contribution in [3.63, 3.8) is 0 Å². The number of hydrogen-bond acceptors (Lipinski definition) is 4. The molecule has 0 spiro atoms. The number of fused-ring (bicyclic) bond motifs is 1. The van der Waals surface area contributed by atoms with E-state index in [0.29, 0.717) is 16.5 Å². The number of benzene rings is 2. The van der Waals surface area contributed by atoms with Crippen molar-refractivity contribution in [2.45, 2.75) is 11.4 Å². The Balaban J connectivity index is 1.61. The van der Waals surface area contributed by atoms with Gasteiger partial charge in [0.15, 0.2) is 0 Å². The van der Waals surface area contributed by atoms with Crippen LogP contribution in [0.5, 0.6) is 0 Å². The summed E-state index contributed by atoms with van der Waals surface area (Å²) in [5, 5.41) is 10.5. The van der Waals surface area contributed by atoms with Gasteiger partial charge >= 0.3 is 0 Å². The fourth-order valence-corrected chi connectivity index (χ4v) is 2.95. The fourth-order valence-electron chi connectivity index (χ4n) is 2.22. The van der Waals surface area contributed by atoms with Crippen LogP contribution in [0, 0.1) is 5.82 Å². The van der Waals surface area contributed by atoms with E-state index in [9.17, 15) is 14.0 Å². The summed E-state index contributed by atoms with van der Waals surface area (Å²) in [5.41, 5.74) is 0.345. The van der Waals surface area contributed by atoms with Crippen LogP contribution < -0.4 is 10.9 Å². The van der Waals surface area contributed by atoms with Crippen LogP contribution in [0.2, 0.25) is 0 Å². The van der Waals surface area contributed by atoms with Crippen LogP contribution in [0.15, 0.2) is 58.2 Å². The first kappa shape index (κ1) is 16.2. The Hall–Kier alpha value is -2.67. The summed E-state index contributed by atoms with van der Waals surface area (Å²) in [7, 11) is 0. The second-order valence-electron chi connectivity index (χ2n) is 5.06. The van der Waals surface area contributed by atoms with Crippen molar-refractivity contribution in [3.05, 3.63) is 70.4 Å². The predicted octanol–water partition coefficient (Wildman–Crippen LogP) is 2.47. The van der Waals surface area contributed by atoms with Gasteiger partial charge in [-0.15, -0.1) is 11.8 Å². The largest absolute Gasteiger partial charge is 0.350 e. The minimum absolute atomic E-state index is 0.165. The molecule has 1 amide bonds. The van der Waals surface area contributed by atoms with E-state index in [1.54, 1.807) is 30.3 Å². The molecule has 122 valence electrons. The number of rotatable bonds is 5. The molecule has 3 rings (SSSR count). The average molecular weight is 343 g/mol. The van der Waals surface area contributed by atoms with E-state index in [4.69, 9.17) is 0 Å². The number of carbonyl (C=O) groups excluding carboxylic acids is 1. The van der Waals surface area contributed by atoms with Gasteiger partial charge < -0.3 is 5.32 Å². The van der Waals surface area contributed by atoms with Crippen LogP contribution in [0.3, 0.4) is 0 Å². The van der Waals surface area contributed by atoms with E-state index >= 15 is 0 Å². The zero-order valence-electron chi connectivity index (χ0n) is 12.6. The Morgan fingerprint density at radius 2 is 1.83 bits per heavy atom. The Labute approximate surface area is 141 Å². The number of amides is 1. The van der Waals surface area contributed by atoms with E-state index in [1.165, 1.54) is 23.9 Å². The summed E-state index contributed by atoms with van der Waals surface area (Å²) >= 11 is 1.32. The number of nitrogens with one attached hydrogen (secondary N) is 2. The highest BCUT2D eigenvalue weighted by Crippen LogP contribution is 2.18. The van der Waals surface area contributed by atoms with E-state index < -0.39 is 0 Å². The maximum Gasteiger partial charge on any atom is 0.272 e. The van der Waals surface area contributed by atoms with E-state index in [1.807, 2.05) is 6.07 Å². The first-order valence-corrected chi connectivity index (χ1v) is 8.23. The average Bonchev–Trinajstić information content (AvgIpc) is 2.61. The molecule has 1 heterocycles. The summed E-state index contributed by atoms with van der Waals surface area (Å²) in [6, 6.07) is 13.1. The number of thioether (sulfide) groups is 1. The molecule has 0 unspecified atom stereocenters. The van der Waals surface area contributed by atoms with Gasteiger partial charge in [-0.05, 0) is 30.3 Å². The summed E-state index contributed by atoms with van der Waals surface area (Å²) in [6.07, 6.45) is 0. The molecule has 0 fully saturated rings. The molecule has 0 atom stereocenters. The van der Waals surface area contributed by atoms with Gasteiger partial charge in [-0.2, -0.15) is 5.10 Å². The Bertz CT molecular complexity index is 925. The molecule has 3 aromatic rings. The third-order valence-corrected chi connectivity index (χ3v) is 4.42. The maximum absolute atomic E-state index is 12.8. The summed E-state index contributed by atoms with van der Waals surface area (Å²) in [6.45, 7) is 0.222. The number of H-pyrrole nitrogens is 1. The SMILES string of the molecule is O=C(CSc1ccc(F)cc1)NCc1n[nH]c(=O)c2ccccc12. The highest BCUT2D eigenvalue weighted by Gasteiger charge is 2.08. The molecule has 0 aliphatic heterocycles. The topological polar surface area (TPSA) is 74.8 Å². The molecule has 0 saturated carbocycles. The van der Waals surface area contributed by atoms with E-state index in [-0.39, 0.29) is 29.6 Å². The smallest absolute Gasteiger partial charge is 0.272 e. The molecule has 0 radical (unpaired) electrons. The molecule has 2 aromatic carbocycles. The third kappa shape index (κ3) is 3.80. The molecule has 1 aromatic heterocycles. The summed E-state index contributed by atoms with van der Waals surface area (Å²) in [4.78, 5) is 24.5. The Kier molecular flexibility index (Phi) is 4.90. The van der Waals surface area contributed by atoms with Gasteiger partial charge in [0.25, 0.3) is 5.56 Å². The lowest BCUT2D eigenvalue weighted by molar-refractivity contribution is -0.118. The fraction of sp³-hybridized carbons (Fsp3) is 0.118. The van der Waals surface area contributed by atoms with Crippen molar-refractivity contribution in [3.8, 4) is 0 Å². The van der Waals surface area contributed by atoms with Gasteiger partial charge in [-0.3, -0.25) is 9.59 Å². The second-order valence-corrected chi connectivity index (χ2v) is 6.11. The normalized spacial score (nSPS) is 10.7. The van der Waals surface area contributed by atoms with Crippen LogP contribution in [-0.4, -0.2) is 21.9 Å². The van der Waals surface area contributed by atoms with Crippen molar-refractivity contribution >= 4 is 28.4 Å². The summed E-state index contributed by atoms with van der Waals surface area (Å²) in [5.74, 6) is -0.256. The lowest BCUT2D eigenvalue weighted by Crippen LogP contribution is -2.26. The molecular formula is C17H14FN3O2S. The molecule has 0 bridgehead atoms. The second kappa shape index (κ2) is 7.27. The van der Waals surface area contributed by atoms with Crippen molar-refractivity contribution in [2.24, 2.45) is 0 Å². The quantitative estimate of drug-likeness (QED) is 0.698. The van der Waals surface area contributed by atoms with Crippen LogP contribution in [-0.2, 0) is 11.3 Å². The van der Waals surface area contributed by atoms with E-state index in [2.05, 4.69) is 15.5 Å². The predicted molar refractivity (Wildman–Crippen MR) is 91.3 cm³/mol. The van der Waals surface area contributed by atoms with Crippen molar-refractivity contribution in [2.75, 3.05) is 5.75 Å². The maximum atomic E-state index is 12.8. The zero-order chi connectivity index (χ0) is 16.9. The van der Waals surface area contributed by atoms with Crippen molar-refractivity contribution in [1.29, 1.82) is 0 Å². The zero-order valence-corrected chi connectivity index (χ0v) is 13.4. The molecule has 0 saturated heterocycles. The molecule has 5 nitrogen and oxygen atoms in total. The number of halogens is 1. The van der Waals surface area contributed by atoms with Gasteiger partial charge in [-0.25, -0.2) is 9.49 Å². The van der Waals surface area contributed by atoms with Gasteiger partial charge in [0.2, 0.25) is 5.91 Å². The lowest BCUT2D eigenvalue weighted by Gasteiger charge is -2.07. The first-order valence-electron chi connectivity index (χ1n) is 7.25. The first-order chi connectivity index (χ1) is 11.6. The minimum atomic E-state index is -0.306. The highest BCUT2D eigenvalue weighted by molar-refractivity contribution is 8.00. The van der Waals surface area contributed by atoms with Gasteiger partial charge in [0, 0.05) is 10.3 Å². The van der Waals surface area contributed by atoms with Gasteiger partial charge in [0.05, 0.1) is 23.4 Å². The van der Waals surface area contributed by atoms with Crippen LogP contribution in [0.1, 0.15) is 5.69 Å². The monoisotopic (exact) mass is 343 g/mol. The third-order valence-electron chi connectivity index (χ3n) is 3.41. The van der Waals surface area contributed by atoms with Gasteiger partial charge in [0.1, 0.15) is 5.82 Å². The number of carbonyl (C=O) groups is 1. The van der Waals surface area contributed by atoms with Crippen LogP contribution >= 0.6 is 11.8 Å². The number of aromatic nitrogens is 2. The molecule has 7 heteroatoms. The van der Waals surface area contributed by atoms with E-state index in [0.717, 1.165) is 4.90 Å². The Morgan fingerprint density at radius 3 is 2.58 bits per heavy atom. The highest BCUT2D eigenvalue weighted by atomic mass is 32.2. The van der Waals surface area contributed by atoms with Crippen molar-refractivity contribution < 1.29 is 9.18 Å². The molecule has 2 N–H and O–H groups in total. The standard InChI is InChI=1S/C17H14FN3O2S/c18-11-5-7-12(8-6-11)24-10-16(22)19-9-15-13-3-1-2-4-14(13)17(23)21-20-15/h1-8H,9-10H2,(H,19,22)(H,21,23). The molecule has 0 aliphatic rings. The van der Waals surface area contributed by atoms with Crippen molar-refractivity contribution in [1.82, 2.24) is 15.5 Å². The Morgan fingerprint density at radius 1 is 1.12 bits per heavy atom. The lowest BCUT2D eigenvalue weighted by atomic mass is 10.1. The minimum Gasteiger partial charge on any atom is -0.350 e.